The number of nitrogens with zero attached hydrogens (tertiary/aromatic N) is 1. The normalized spacial score (nSPS) is 9.57. The first-order valence-electron chi connectivity index (χ1n) is 6.83. The first kappa shape index (κ1) is 20.5. The summed E-state index contributed by atoms with van der Waals surface area (Å²) < 4.78 is 11.0. The Bertz CT molecular complexity index is 515. The van der Waals surface area contributed by atoms with Crippen LogP contribution < -0.4 is 9.47 Å². The fourth-order valence-electron chi connectivity index (χ4n) is 1.48. The number of hydrogen-bond acceptors (Lipinski definition) is 5. The van der Waals surface area contributed by atoms with Gasteiger partial charge in [-0.1, -0.05) is 6.08 Å². The van der Waals surface area contributed by atoms with E-state index >= 15 is 0 Å². The van der Waals surface area contributed by atoms with Gasteiger partial charge in [0.1, 0.15) is 18.1 Å². The minimum Gasteiger partial charge on any atom is -0.497 e. The van der Waals surface area contributed by atoms with Gasteiger partial charge in [-0.15, -0.1) is 6.58 Å². The number of allylic oxidation sites excluding steroid dienone is 1. The summed E-state index contributed by atoms with van der Waals surface area (Å²) in [7, 11) is 5.73. The van der Waals surface area contributed by atoms with E-state index in [1.54, 1.807) is 7.11 Å². The van der Waals surface area contributed by atoms with Crippen LogP contribution >= 0.6 is 0 Å². The number of hydrogen-bond donors (Lipinski definition) is 2. The summed E-state index contributed by atoms with van der Waals surface area (Å²) in [5.41, 5.74) is 1.11. The minimum absolute atomic E-state index is 0.684. The molecule has 23 heavy (non-hydrogen) atoms. The lowest BCUT2D eigenvalue weighted by atomic mass is 10.1. The Balaban J connectivity index is 0.000000688. The van der Waals surface area contributed by atoms with Gasteiger partial charge < -0.3 is 24.6 Å². The summed E-state index contributed by atoms with van der Waals surface area (Å²) in [6, 6.07) is 5.86. The van der Waals surface area contributed by atoms with Gasteiger partial charge in [-0.25, -0.2) is 9.59 Å². The monoisotopic (exact) mass is 325 g/mol. The van der Waals surface area contributed by atoms with Crippen LogP contribution in [0.25, 0.3) is 0 Å². The third-order valence-electron chi connectivity index (χ3n) is 2.61. The van der Waals surface area contributed by atoms with Crippen molar-refractivity contribution in [1.29, 1.82) is 0 Å². The Morgan fingerprint density at radius 2 is 1.87 bits per heavy atom. The lowest BCUT2D eigenvalue weighted by Crippen LogP contribution is -2.19. The molecule has 0 saturated heterocycles. The van der Waals surface area contributed by atoms with Gasteiger partial charge >= 0.3 is 11.9 Å². The van der Waals surface area contributed by atoms with Gasteiger partial charge in [0.2, 0.25) is 0 Å². The van der Waals surface area contributed by atoms with Crippen molar-refractivity contribution in [3.63, 3.8) is 0 Å². The van der Waals surface area contributed by atoms with Crippen LogP contribution in [0.3, 0.4) is 0 Å². The molecule has 0 aliphatic heterocycles. The number of rotatable bonds is 7. The first-order chi connectivity index (χ1) is 10.8. The molecule has 2 N–H and O–H groups in total. The van der Waals surface area contributed by atoms with Crippen LogP contribution in [0.5, 0.6) is 11.5 Å². The SMILES string of the molecule is C=CCc1cc(OC)ccc1OCCN(C)C.O=C(O)C(=O)O. The van der Waals surface area contributed by atoms with Crippen molar-refractivity contribution < 1.29 is 29.3 Å². The van der Waals surface area contributed by atoms with Crippen molar-refractivity contribution in [2.24, 2.45) is 0 Å². The highest BCUT2D eigenvalue weighted by atomic mass is 16.5. The van der Waals surface area contributed by atoms with E-state index < -0.39 is 11.9 Å². The molecule has 1 aromatic rings. The van der Waals surface area contributed by atoms with E-state index in [4.69, 9.17) is 29.3 Å². The highest BCUT2D eigenvalue weighted by Gasteiger charge is 2.05. The molecule has 1 rings (SSSR count). The standard InChI is InChI=1S/C14H21NO2.C2H2O4/c1-5-6-12-11-13(16-4)7-8-14(12)17-10-9-15(2)3;3-1(4)2(5)6/h5,7-8,11H,1,6,9-10H2,2-4H3;(H,3,4)(H,5,6). The second-order valence-corrected chi connectivity index (χ2v) is 4.73. The molecule has 0 aromatic heterocycles. The Labute approximate surface area is 135 Å². The fraction of sp³-hybridized carbons (Fsp3) is 0.375. The van der Waals surface area contributed by atoms with E-state index in [1.165, 1.54) is 0 Å². The first-order valence-corrected chi connectivity index (χ1v) is 6.83. The molecule has 0 radical (unpaired) electrons. The zero-order valence-corrected chi connectivity index (χ0v) is 13.6. The lowest BCUT2D eigenvalue weighted by molar-refractivity contribution is -0.159. The zero-order valence-electron chi connectivity index (χ0n) is 13.6. The van der Waals surface area contributed by atoms with E-state index in [9.17, 15) is 0 Å². The molecule has 0 aliphatic rings. The van der Waals surface area contributed by atoms with Crippen molar-refractivity contribution in [3.05, 3.63) is 36.4 Å². The Kier molecular flexibility index (Phi) is 9.86. The second kappa shape index (κ2) is 11.1. The summed E-state index contributed by atoms with van der Waals surface area (Å²) in [6.07, 6.45) is 2.65. The lowest BCUT2D eigenvalue weighted by Gasteiger charge is -2.14. The van der Waals surface area contributed by atoms with Crippen LogP contribution in [-0.2, 0) is 16.0 Å². The maximum absolute atomic E-state index is 9.10. The number of methoxy groups -OCH3 is 1. The Morgan fingerprint density at radius 3 is 2.30 bits per heavy atom. The van der Waals surface area contributed by atoms with Crippen molar-refractivity contribution in [1.82, 2.24) is 4.90 Å². The molecule has 7 nitrogen and oxygen atoms in total. The van der Waals surface area contributed by atoms with E-state index in [1.807, 2.05) is 38.4 Å². The number of carboxylic acid groups (broad SMARTS) is 2. The summed E-state index contributed by atoms with van der Waals surface area (Å²) in [4.78, 5) is 20.3. The zero-order chi connectivity index (χ0) is 17.8. The molecule has 128 valence electrons. The number of carbonyl (C=O) groups is 2. The summed E-state index contributed by atoms with van der Waals surface area (Å²) in [5.74, 6) is -1.89. The second-order valence-electron chi connectivity index (χ2n) is 4.73. The van der Waals surface area contributed by atoms with E-state index in [-0.39, 0.29) is 0 Å². The molecular weight excluding hydrogens is 302 g/mol. The van der Waals surface area contributed by atoms with Crippen molar-refractivity contribution >= 4 is 11.9 Å². The molecule has 0 bridgehead atoms. The molecule has 0 spiro atoms. The third kappa shape index (κ3) is 9.15. The predicted octanol–water partition coefficient (Wildman–Crippen LogP) is 1.52. The summed E-state index contributed by atoms with van der Waals surface area (Å²) in [6.45, 7) is 5.34. The number of benzene rings is 1. The van der Waals surface area contributed by atoms with Crippen LogP contribution in [0.15, 0.2) is 30.9 Å². The molecule has 0 aliphatic carbocycles. The number of likely N-dealkylation sites (N-methyl/N-ethyl adjacent to an activating group) is 1. The van der Waals surface area contributed by atoms with Gasteiger partial charge in [0.25, 0.3) is 0 Å². The Hall–Kier alpha value is -2.54. The number of carboxylic acids is 2. The molecular formula is C16H23NO6. The molecule has 0 unspecified atom stereocenters. The Morgan fingerprint density at radius 1 is 1.26 bits per heavy atom. The summed E-state index contributed by atoms with van der Waals surface area (Å²) >= 11 is 0. The maximum Gasteiger partial charge on any atom is 0.414 e. The summed E-state index contributed by atoms with van der Waals surface area (Å²) in [5, 5.41) is 14.8. The van der Waals surface area contributed by atoms with Gasteiger partial charge in [-0.3, -0.25) is 0 Å². The van der Waals surface area contributed by atoms with Crippen molar-refractivity contribution in [2.45, 2.75) is 6.42 Å². The topological polar surface area (TPSA) is 96.3 Å². The van der Waals surface area contributed by atoms with Crippen molar-refractivity contribution in [2.75, 3.05) is 34.4 Å². The fourth-order valence-corrected chi connectivity index (χ4v) is 1.48. The van der Waals surface area contributed by atoms with Gasteiger partial charge in [0.15, 0.2) is 0 Å². The minimum atomic E-state index is -1.82. The van der Waals surface area contributed by atoms with Gasteiger partial charge in [-0.05, 0) is 38.7 Å². The van der Waals surface area contributed by atoms with Crippen LogP contribution in [-0.4, -0.2) is 61.4 Å². The van der Waals surface area contributed by atoms with Crippen LogP contribution in [0.1, 0.15) is 5.56 Å². The smallest absolute Gasteiger partial charge is 0.414 e. The van der Waals surface area contributed by atoms with Crippen LogP contribution in [0.2, 0.25) is 0 Å². The largest absolute Gasteiger partial charge is 0.497 e. The molecule has 0 saturated carbocycles. The molecule has 0 atom stereocenters. The molecule has 1 aromatic carbocycles. The van der Waals surface area contributed by atoms with E-state index in [0.717, 1.165) is 30.0 Å². The molecule has 0 heterocycles. The van der Waals surface area contributed by atoms with Gasteiger partial charge in [0.05, 0.1) is 7.11 Å². The van der Waals surface area contributed by atoms with Gasteiger partial charge in [-0.2, -0.15) is 0 Å². The van der Waals surface area contributed by atoms with Gasteiger partial charge in [0, 0.05) is 12.1 Å². The number of ether oxygens (including phenoxy) is 2. The number of aliphatic carboxylic acids is 2. The molecule has 0 fully saturated rings. The van der Waals surface area contributed by atoms with E-state index in [0.29, 0.717) is 6.61 Å². The average Bonchev–Trinajstić information content (AvgIpc) is 2.49. The average molecular weight is 325 g/mol. The van der Waals surface area contributed by atoms with Crippen molar-refractivity contribution in [3.8, 4) is 11.5 Å². The predicted molar refractivity (Wildman–Crippen MR) is 86.2 cm³/mol. The van der Waals surface area contributed by atoms with Crippen LogP contribution in [0, 0.1) is 0 Å². The molecule has 7 heteroatoms. The van der Waals surface area contributed by atoms with Crippen LogP contribution in [0.4, 0.5) is 0 Å². The highest BCUT2D eigenvalue weighted by Crippen LogP contribution is 2.24. The highest BCUT2D eigenvalue weighted by molar-refractivity contribution is 6.27. The quantitative estimate of drug-likeness (QED) is 0.579. The van der Waals surface area contributed by atoms with E-state index in [2.05, 4.69) is 11.5 Å². The maximum atomic E-state index is 9.10. The molecule has 0 amide bonds. The third-order valence-corrected chi connectivity index (χ3v) is 2.61.